The molecule has 0 amide bonds. The molecule has 88 valence electrons. The van der Waals surface area contributed by atoms with E-state index in [0.717, 1.165) is 0 Å². The normalized spacial score (nSPS) is 22.5. The van der Waals surface area contributed by atoms with E-state index in [1.165, 1.54) is 11.2 Å². The fraction of sp³-hybridized carbons (Fsp3) is 0.857. The van der Waals surface area contributed by atoms with E-state index in [0.29, 0.717) is 24.6 Å². The third-order valence-electron chi connectivity index (χ3n) is 2.34. The molecule has 1 saturated heterocycles. The van der Waals surface area contributed by atoms with E-state index in [4.69, 9.17) is 5.73 Å². The van der Waals surface area contributed by atoms with Crippen LogP contribution in [0.25, 0.3) is 0 Å². The summed E-state index contributed by atoms with van der Waals surface area (Å²) in [5.74, 6) is 0.784. The van der Waals surface area contributed by atoms with E-state index in [9.17, 15) is 12.6 Å². The second kappa shape index (κ2) is 4.86. The van der Waals surface area contributed by atoms with Crippen molar-refractivity contribution in [2.45, 2.75) is 12.2 Å². The van der Waals surface area contributed by atoms with Gasteiger partial charge in [0, 0.05) is 35.4 Å². The Bertz CT molecular complexity index is 369. The van der Waals surface area contributed by atoms with Gasteiger partial charge in [-0.2, -0.15) is 4.31 Å². The molecule has 1 atom stereocenters. The van der Waals surface area contributed by atoms with E-state index in [2.05, 4.69) is 12.2 Å². The molecule has 5 nitrogen and oxygen atoms in total. The van der Waals surface area contributed by atoms with Crippen molar-refractivity contribution < 1.29 is 12.6 Å². The fourth-order valence-corrected chi connectivity index (χ4v) is 4.33. The highest BCUT2D eigenvalue weighted by molar-refractivity contribution is 7.92. The summed E-state index contributed by atoms with van der Waals surface area (Å²) in [6.45, 7) is 2.06. The van der Waals surface area contributed by atoms with Crippen molar-refractivity contribution in [3.05, 3.63) is 0 Å². The monoisotopic (exact) mass is 270 g/mol. The Morgan fingerprint density at radius 3 is 2.33 bits per heavy atom. The molecule has 0 saturated carbocycles. The summed E-state index contributed by atoms with van der Waals surface area (Å²) in [7, 11) is -4.34. The van der Waals surface area contributed by atoms with Crippen LogP contribution < -0.4 is 5.73 Å². The minimum Gasteiger partial charge on any atom is -0.392 e. The summed E-state index contributed by atoms with van der Waals surface area (Å²) >= 11 is 4.67. The molecule has 8 heteroatoms. The summed E-state index contributed by atoms with van der Waals surface area (Å²) in [5, 5.41) is -0.848. The van der Waals surface area contributed by atoms with Gasteiger partial charge in [-0.25, -0.2) is 8.42 Å². The van der Waals surface area contributed by atoms with Gasteiger partial charge < -0.3 is 5.73 Å². The predicted molar refractivity (Wildman–Crippen MR) is 64.6 cm³/mol. The molecule has 0 spiro atoms. The minimum atomic E-state index is -3.45. The maximum absolute atomic E-state index is 11.9. The molecular weight excluding hydrogens is 256 g/mol. The summed E-state index contributed by atoms with van der Waals surface area (Å²) in [4.78, 5) is -0.0262. The number of thiocarbonyl (C=S) groups is 1. The lowest BCUT2D eigenvalue weighted by Gasteiger charge is -2.28. The second-order valence-corrected chi connectivity index (χ2v) is 7.76. The third-order valence-corrected chi connectivity index (χ3v) is 6.36. The molecule has 0 aromatic heterocycles. The summed E-state index contributed by atoms with van der Waals surface area (Å²) < 4.78 is 36.2. The molecule has 0 aromatic carbocycles. The molecule has 0 aliphatic carbocycles. The molecule has 1 rings (SSSR count). The molecule has 0 bridgehead atoms. The molecule has 1 unspecified atom stereocenters. The summed E-state index contributed by atoms with van der Waals surface area (Å²) in [6, 6.07) is 0. The van der Waals surface area contributed by atoms with Crippen LogP contribution in [0.2, 0.25) is 0 Å². The van der Waals surface area contributed by atoms with Crippen LogP contribution in [0.1, 0.15) is 6.92 Å². The molecule has 0 radical (unpaired) electrons. The van der Waals surface area contributed by atoms with Gasteiger partial charge in [-0.15, -0.1) is 0 Å². The van der Waals surface area contributed by atoms with Gasteiger partial charge in [-0.3, -0.25) is 4.21 Å². The van der Waals surface area contributed by atoms with Gasteiger partial charge >= 0.3 is 0 Å². The Morgan fingerprint density at radius 1 is 1.47 bits per heavy atom. The van der Waals surface area contributed by atoms with E-state index < -0.39 is 26.1 Å². The highest BCUT2D eigenvalue weighted by Gasteiger charge is 2.32. The Hall–Kier alpha value is -0.0500. The Labute approximate surface area is 97.5 Å². The maximum Gasteiger partial charge on any atom is 0.223 e. The van der Waals surface area contributed by atoms with Crippen molar-refractivity contribution in [3.63, 3.8) is 0 Å². The summed E-state index contributed by atoms with van der Waals surface area (Å²) in [5.41, 5.74) is 5.32. The van der Waals surface area contributed by atoms with Gasteiger partial charge in [0.25, 0.3) is 0 Å². The standard InChI is InChI=1S/C7H14N2O3S3/c1-6(7(8)13)15(11,12)9-2-4-14(10)5-3-9/h6H,2-5H2,1H3,(H2,8,13). The van der Waals surface area contributed by atoms with E-state index in [-0.39, 0.29) is 4.99 Å². The first-order chi connectivity index (χ1) is 6.85. The van der Waals surface area contributed by atoms with Crippen molar-refractivity contribution in [3.8, 4) is 0 Å². The van der Waals surface area contributed by atoms with Gasteiger partial charge in [-0.1, -0.05) is 12.2 Å². The van der Waals surface area contributed by atoms with Crippen LogP contribution in [0.5, 0.6) is 0 Å². The smallest absolute Gasteiger partial charge is 0.223 e. The first kappa shape index (κ1) is 13.0. The Morgan fingerprint density at radius 2 is 1.93 bits per heavy atom. The predicted octanol–water partition coefficient (Wildman–Crippen LogP) is -0.945. The minimum absolute atomic E-state index is 0.0262. The Balaban J connectivity index is 2.79. The first-order valence-electron chi connectivity index (χ1n) is 4.49. The van der Waals surface area contributed by atoms with Crippen LogP contribution in [-0.2, 0) is 20.8 Å². The van der Waals surface area contributed by atoms with Crippen LogP contribution in [0.3, 0.4) is 0 Å². The summed E-state index contributed by atoms with van der Waals surface area (Å²) in [6.07, 6.45) is 0. The van der Waals surface area contributed by atoms with E-state index in [1.807, 2.05) is 0 Å². The SMILES string of the molecule is CC(C(N)=S)S(=O)(=O)N1CCS(=O)CC1. The molecule has 1 aliphatic heterocycles. The molecule has 1 heterocycles. The van der Waals surface area contributed by atoms with Gasteiger partial charge in [0.2, 0.25) is 10.0 Å². The molecule has 15 heavy (non-hydrogen) atoms. The number of hydrogen-bond donors (Lipinski definition) is 1. The lowest BCUT2D eigenvalue weighted by Crippen LogP contribution is -2.48. The maximum atomic E-state index is 11.9. The zero-order valence-corrected chi connectivity index (χ0v) is 10.8. The zero-order chi connectivity index (χ0) is 11.6. The van der Waals surface area contributed by atoms with Gasteiger partial charge in [0.1, 0.15) is 5.25 Å². The lowest BCUT2D eigenvalue weighted by atomic mass is 10.5. The Kier molecular flexibility index (Phi) is 4.21. The van der Waals surface area contributed by atoms with Crippen LogP contribution in [0.4, 0.5) is 0 Å². The highest BCUT2D eigenvalue weighted by Crippen LogP contribution is 2.12. The van der Waals surface area contributed by atoms with E-state index >= 15 is 0 Å². The van der Waals surface area contributed by atoms with Crippen molar-refractivity contribution >= 4 is 38.0 Å². The van der Waals surface area contributed by atoms with Gasteiger partial charge in [0.05, 0.1) is 4.99 Å². The molecule has 0 aromatic rings. The number of sulfonamides is 1. The van der Waals surface area contributed by atoms with Crippen molar-refractivity contribution in [2.75, 3.05) is 24.6 Å². The van der Waals surface area contributed by atoms with Crippen LogP contribution in [-0.4, -0.2) is 51.8 Å². The molecule has 1 aliphatic rings. The first-order valence-corrected chi connectivity index (χ1v) is 7.89. The lowest BCUT2D eigenvalue weighted by molar-refractivity contribution is 0.436. The van der Waals surface area contributed by atoms with E-state index in [1.54, 1.807) is 0 Å². The largest absolute Gasteiger partial charge is 0.392 e. The quantitative estimate of drug-likeness (QED) is 0.669. The van der Waals surface area contributed by atoms with Gasteiger partial charge in [-0.05, 0) is 6.92 Å². The fourth-order valence-electron chi connectivity index (χ4n) is 1.25. The third kappa shape index (κ3) is 2.96. The molecule has 1 fully saturated rings. The second-order valence-electron chi connectivity index (χ2n) is 3.34. The van der Waals surface area contributed by atoms with Gasteiger partial charge in [0.15, 0.2) is 0 Å². The number of hydrogen-bond acceptors (Lipinski definition) is 4. The number of rotatable bonds is 3. The molecular formula is C7H14N2O3S3. The molecule has 2 N–H and O–H groups in total. The highest BCUT2D eigenvalue weighted by atomic mass is 32.2. The van der Waals surface area contributed by atoms with Crippen molar-refractivity contribution in [1.82, 2.24) is 4.31 Å². The van der Waals surface area contributed by atoms with Crippen molar-refractivity contribution in [2.24, 2.45) is 5.73 Å². The number of nitrogens with two attached hydrogens (primary N) is 1. The van der Waals surface area contributed by atoms with Crippen LogP contribution in [0, 0.1) is 0 Å². The van der Waals surface area contributed by atoms with Crippen LogP contribution >= 0.6 is 12.2 Å². The average Bonchev–Trinajstić information content (AvgIpc) is 2.17. The van der Waals surface area contributed by atoms with Crippen molar-refractivity contribution in [1.29, 1.82) is 0 Å². The average molecular weight is 270 g/mol. The zero-order valence-electron chi connectivity index (χ0n) is 8.38. The topological polar surface area (TPSA) is 80.5 Å². The number of nitrogens with zero attached hydrogens (tertiary/aromatic N) is 1. The van der Waals surface area contributed by atoms with Crippen LogP contribution in [0.15, 0.2) is 0 Å².